The molecule has 21 heavy (non-hydrogen) atoms. The molecule has 0 saturated heterocycles. The van der Waals surface area contributed by atoms with Crippen LogP contribution in [0.3, 0.4) is 0 Å². The number of carboxylic acids is 1. The first-order valence-corrected chi connectivity index (χ1v) is 6.84. The minimum absolute atomic E-state index is 0.331. The van der Waals surface area contributed by atoms with Gasteiger partial charge in [-0.2, -0.15) is 0 Å². The highest BCUT2D eigenvalue weighted by molar-refractivity contribution is 5.96. The summed E-state index contributed by atoms with van der Waals surface area (Å²) in [6.07, 6.45) is 2.27. The second kappa shape index (κ2) is 8.09. The summed E-state index contributed by atoms with van der Waals surface area (Å²) in [7, 11) is 0. The predicted octanol–water partition coefficient (Wildman–Crippen LogP) is 2.62. The molecular formula is C16H21NO4. The number of carbonyl (C=O) groups is 2. The van der Waals surface area contributed by atoms with Crippen LogP contribution < -0.4 is 10.1 Å². The van der Waals surface area contributed by atoms with Crippen molar-refractivity contribution in [3.63, 3.8) is 0 Å². The zero-order valence-corrected chi connectivity index (χ0v) is 12.6. The van der Waals surface area contributed by atoms with Gasteiger partial charge in [0, 0.05) is 5.56 Å². The molecule has 0 radical (unpaired) electrons. The number of aliphatic carboxylic acids is 1. The fourth-order valence-corrected chi connectivity index (χ4v) is 1.61. The molecule has 1 aromatic rings. The molecular weight excluding hydrogens is 270 g/mol. The van der Waals surface area contributed by atoms with E-state index in [0.29, 0.717) is 24.3 Å². The number of benzene rings is 1. The molecule has 1 unspecified atom stereocenters. The highest BCUT2D eigenvalue weighted by Gasteiger charge is 2.18. The van der Waals surface area contributed by atoms with Crippen molar-refractivity contribution < 1.29 is 19.4 Å². The summed E-state index contributed by atoms with van der Waals surface area (Å²) in [5.41, 5.74) is 1.53. The fraction of sp³-hybridized carbons (Fsp3) is 0.375. The van der Waals surface area contributed by atoms with Gasteiger partial charge < -0.3 is 15.2 Å². The van der Waals surface area contributed by atoms with E-state index in [4.69, 9.17) is 9.84 Å². The third-order valence-electron chi connectivity index (χ3n) is 2.85. The Morgan fingerprint density at radius 1 is 1.38 bits per heavy atom. The van der Waals surface area contributed by atoms with Crippen molar-refractivity contribution in [2.75, 3.05) is 6.61 Å². The average Bonchev–Trinajstić information content (AvgIpc) is 2.44. The van der Waals surface area contributed by atoms with Gasteiger partial charge in [-0.05, 0) is 44.5 Å². The molecule has 0 aliphatic carbocycles. The number of allylic oxidation sites excluding steroid dienone is 1. The molecule has 1 rings (SSSR count). The molecule has 0 aromatic heterocycles. The predicted molar refractivity (Wildman–Crippen MR) is 80.5 cm³/mol. The molecule has 5 nitrogen and oxygen atoms in total. The Morgan fingerprint density at radius 2 is 2.10 bits per heavy atom. The number of hydrogen-bond acceptors (Lipinski definition) is 3. The van der Waals surface area contributed by atoms with Gasteiger partial charge >= 0.3 is 5.97 Å². The first-order valence-electron chi connectivity index (χ1n) is 6.84. The van der Waals surface area contributed by atoms with Crippen LogP contribution in [0.4, 0.5) is 0 Å². The monoisotopic (exact) mass is 291 g/mol. The summed E-state index contributed by atoms with van der Waals surface area (Å²) in [5, 5.41) is 11.4. The zero-order valence-electron chi connectivity index (χ0n) is 12.6. The lowest BCUT2D eigenvalue weighted by molar-refractivity contribution is -0.139. The summed E-state index contributed by atoms with van der Waals surface area (Å²) >= 11 is 0. The normalized spacial score (nSPS) is 11.4. The van der Waals surface area contributed by atoms with Crippen molar-refractivity contribution in [3.05, 3.63) is 41.5 Å². The Morgan fingerprint density at radius 3 is 2.67 bits per heavy atom. The molecule has 0 bridgehead atoms. The largest absolute Gasteiger partial charge is 0.490 e. The van der Waals surface area contributed by atoms with Crippen LogP contribution in [-0.4, -0.2) is 29.6 Å². The number of nitrogens with one attached hydrogen (secondary N) is 1. The molecule has 0 aliphatic heterocycles. The number of amides is 1. The van der Waals surface area contributed by atoms with Gasteiger partial charge in [-0.1, -0.05) is 18.6 Å². The van der Waals surface area contributed by atoms with Crippen molar-refractivity contribution in [2.45, 2.75) is 33.2 Å². The average molecular weight is 291 g/mol. The van der Waals surface area contributed by atoms with E-state index < -0.39 is 17.9 Å². The molecule has 5 heteroatoms. The third-order valence-corrected chi connectivity index (χ3v) is 2.85. The Labute approximate surface area is 124 Å². The summed E-state index contributed by atoms with van der Waals surface area (Å²) in [4.78, 5) is 22.9. The van der Waals surface area contributed by atoms with Crippen LogP contribution in [0.2, 0.25) is 0 Å². The minimum Gasteiger partial charge on any atom is -0.490 e. The summed E-state index contributed by atoms with van der Waals surface area (Å²) in [6.45, 7) is 6.09. The van der Waals surface area contributed by atoms with Gasteiger partial charge in [0.1, 0.15) is 18.4 Å². The van der Waals surface area contributed by atoms with Crippen LogP contribution in [0.15, 0.2) is 35.9 Å². The molecule has 0 fully saturated rings. The lowest BCUT2D eigenvalue weighted by Crippen LogP contribution is -2.40. The van der Waals surface area contributed by atoms with Gasteiger partial charge in [0.25, 0.3) is 5.91 Å². The number of carboxylic acid groups (broad SMARTS) is 1. The van der Waals surface area contributed by atoms with E-state index in [-0.39, 0.29) is 0 Å². The summed E-state index contributed by atoms with van der Waals surface area (Å²) in [6, 6.07) is 5.80. The van der Waals surface area contributed by atoms with Gasteiger partial charge in [-0.3, -0.25) is 4.79 Å². The van der Waals surface area contributed by atoms with Gasteiger partial charge in [0.05, 0.1) is 0 Å². The number of carbonyl (C=O) groups excluding carboxylic acids is 1. The Kier molecular flexibility index (Phi) is 6.46. The molecule has 0 aliphatic rings. The number of ether oxygens (including phenoxy) is 1. The molecule has 114 valence electrons. The Balaban J connectivity index is 2.72. The van der Waals surface area contributed by atoms with Gasteiger partial charge in [-0.15, -0.1) is 0 Å². The van der Waals surface area contributed by atoms with Crippen LogP contribution in [0.5, 0.6) is 5.75 Å². The van der Waals surface area contributed by atoms with E-state index in [0.717, 1.165) is 5.57 Å². The highest BCUT2D eigenvalue weighted by Crippen LogP contribution is 2.14. The molecule has 2 N–H and O–H groups in total. The molecule has 0 heterocycles. The van der Waals surface area contributed by atoms with E-state index in [1.165, 1.54) is 0 Å². The third kappa shape index (κ3) is 5.69. The van der Waals surface area contributed by atoms with Crippen LogP contribution >= 0.6 is 0 Å². The second-order valence-electron chi connectivity index (χ2n) is 4.89. The maximum atomic E-state index is 12.0. The maximum Gasteiger partial charge on any atom is 0.326 e. The topological polar surface area (TPSA) is 75.6 Å². The second-order valence-corrected chi connectivity index (χ2v) is 4.89. The lowest BCUT2D eigenvalue weighted by atomic mass is 10.1. The van der Waals surface area contributed by atoms with Crippen LogP contribution in [0, 0.1) is 0 Å². The smallest absolute Gasteiger partial charge is 0.326 e. The van der Waals surface area contributed by atoms with E-state index in [1.54, 1.807) is 31.2 Å². The van der Waals surface area contributed by atoms with Crippen LogP contribution in [0.25, 0.3) is 0 Å². The quantitative estimate of drug-likeness (QED) is 0.757. The van der Waals surface area contributed by atoms with Crippen LogP contribution in [-0.2, 0) is 4.79 Å². The first-order chi connectivity index (χ1) is 9.93. The molecule has 0 saturated carbocycles. The standard InChI is InChI=1S/C16H21NO4/c1-4-14(16(19)20)17-15(18)12-6-5-7-13(10-12)21-9-8-11(2)3/h5-8,10,14H,4,9H2,1-3H3,(H,17,18)(H,19,20). The molecule has 1 amide bonds. The minimum atomic E-state index is -1.04. The SMILES string of the molecule is CCC(NC(=O)c1cccc(OCC=C(C)C)c1)C(=O)O. The van der Waals surface area contributed by atoms with Crippen molar-refractivity contribution in [1.82, 2.24) is 5.32 Å². The van der Waals surface area contributed by atoms with E-state index >= 15 is 0 Å². The highest BCUT2D eigenvalue weighted by atomic mass is 16.5. The van der Waals surface area contributed by atoms with Gasteiger partial charge in [0.15, 0.2) is 0 Å². The summed E-state index contributed by atoms with van der Waals surface area (Å²) in [5.74, 6) is -0.887. The Bertz CT molecular complexity index is 533. The first kappa shape index (κ1) is 16.8. The van der Waals surface area contributed by atoms with E-state index in [2.05, 4.69) is 5.32 Å². The maximum absolute atomic E-state index is 12.0. The Hall–Kier alpha value is -2.30. The zero-order chi connectivity index (χ0) is 15.8. The van der Waals surface area contributed by atoms with Crippen molar-refractivity contribution in [3.8, 4) is 5.75 Å². The van der Waals surface area contributed by atoms with E-state index in [9.17, 15) is 9.59 Å². The molecule has 1 aromatic carbocycles. The summed E-state index contributed by atoms with van der Waals surface area (Å²) < 4.78 is 5.51. The van der Waals surface area contributed by atoms with Gasteiger partial charge in [-0.25, -0.2) is 4.79 Å². The molecule has 0 spiro atoms. The van der Waals surface area contributed by atoms with Crippen molar-refractivity contribution >= 4 is 11.9 Å². The fourth-order valence-electron chi connectivity index (χ4n) is 1.61. The van der Waals surface area contributed by atoms with Crippen molar-refractivity contribution in [2.24, 2.45) is 0 Å². The van der Waals surface area contributed by atoms with E-state index in [1.807, 2.05) is 19.9 Å². The molecule has 1 atom stereocenters. The van der Waals surface area contributed by atoms with Gasteiger partial charge in [0.2, 0.25) is 0 Å². The number of hydrogen-bond donors (Lipinski definition) is 2. The van der Waals surface area contributed by atoms with Crippen LogP contribution in [0.1, 0.15) is 37.6 Å². The lowest BCUT2D eigenvalue weighted by Gasteiger charge is -2.12. The van der Waals surface area contributed by atoms with Crippen molar-refractivity contribution in [1.29, 1.82) is 0 Å². The number of rotatable bonds is 7.